The maximum atomic E-state index is 12.5. The lowest BCUT2D eigenvalue weighted by molar-refractivity contribution is -0.128. The average molecular weight is 355 g/mol. The van der Waals surface area contributed by atoms with E-state index in [0.29, 0.717) is 11.7 Å². The number of amides is 1. The smallest absolute Gasteiger partial charge is 0.260 e. The van der Waals surface area contributed by atoms with Crippen LogP contribution in [0.1, 0.15) is 39.5 Å². The largest absolute Gasteiger partial charge is 0.481 e. The normalized spacial score (nSPS) is 26.5. The maximum absolute atomic E-state index is 12.5. The third kappa shape index (κ3) is 3.43. The van der Waals surface area contributed by atoms with Crippen LogP contribution < -0.4 is 10.1 Å². The van der Waals surface area contributed by atoms with Gasteiger partial charge in [-0.15, -0.1) is 5.10 Å². The van der Waals surface area contributed by atoms with Crippen LogP contribution in [0.2, 0.25) is 0 Å². The van der Waals surface area contributed by atoms with Crippen LogP contribution in [-0.2, 0) is 4.79 Å². The molecule has 0 radical (unpaired) electrons. The van der Waals surface area contributed by atoms with Crippen LogP contribution in [0.5, 0.6) is 5.75 Å². The molecule has 2 saturated carbocycles. The van der Waals surface area contributed by atoms with Crippen LogP contribution >= 0.6 is 0 Å². The molecule has 0 saturated heterocycles. The summed E-state index contributed by atoms with van der Waals surface area (Å²) in [5.41, 5.74) is 0.837. The fourth-order valence-corrected chi connectivity index (χ4v) is 4.57. The SMILES string of the molecule is C[C@H](Oc1ccc(-n2cnnn2)cc1)C(=O)N[C@H](C)[C@H]1C[C@H]2CC[C@H]1C2. The Balaban J connectivity index is 1.31. The molecule has 1 N–H and O–H groups in total. The summed E-state index contributed by atoms with van der Waals surface area (Å²) < 4.78 is 7.37. The first kappa shape index (κ1) is 17.0. The number of tetrazole rings is 1. The molecule has 2 fully saturated rings. The standard InChI is InChI=1S/C19H25N5O2/c1-12(18-10-14-3-4-15(18)9-14)21-19(25)13(2)26-17-7-5-16(6-8-17)24-11-20-22-23-24/h5-8,11-15,18H,3-4,9-10H2,1-2H3,(H,21,25)/t12-,13+,14+,15+,18-/m1/s1. The molecule has 2 aliphatic carbocycles. The second kappa shape index (κ2) is 7.05. The number of carbonyl (C=O) groups is 1. The maximum Gasteiger partial charge on any atom is 0.260 e. The van der Waals surface area contributed by atoms with Crippen molar-refractivity contribution in [2.24, 2.45) is 17.8 Å². The van der Waals surface area contributed by atoms with E-state index < -0.39 is 6.10 Å². The van der Waals surface area contributed by atoms with E-state index in [1.165, 1.54) is 32.0 Å². The van der Waals surface area contributed by atoms with E-state index >= 15 is 0 Å². The van der Waals surface area contributed by atoms with Gasteiger partial charge < -0.3 is 10.1 Å². The highest BCUT2D eigenvalue weighted by molar-refractivity contribution is 5.81. The Hall–Kier alpha value is -2.44. The lowest BCUT2D eigenvalue weighted by atomic mass is 9.84. The quantitative estimate of drug-likeness (QED) is 0.860. The molecule has 7 nitrogen and oxygen atoms in total. The summed E-state index contributed by atoms with van der Waals surface area (Å²) in [6.07, 6.45) is 6.32. The van der Waals surface area contributed by atoms with Crippen LogP contribution in [0.4, 0.5) is 0 Å². The fourth-order valence-electron chi connectivity index (χ4n) is 4.57. The Morgan fingerprint density at radius 3 is 2.65 bits per heavy atom. The lowest BCUT2D eigenvalue weighted by Crippen LogP contribution is -2.45. The molecule has 2 aromatic rings. The minimum absolute atomic E-state index is 0.0511. The van der Waals surface area contributed by atoms with Crippen LogP contribution in [0.3, 0.4) is 0 Å². The number of aromatic nitrogens is 4. The summed E-state index contributed by atoms with van der Waals surface area (Å²) >= 11 is 0. The van der Waals surface area contributed by atoms with Crippen LogP contribution in [0.25, 0.3) is 5.69 Å². The first-order chi connectivity index (χ1) is 12.6. The van der Waals surface area contributed by atoms with Crippen molar-refractivity contribution >= 4 is 5.91 Å². The van der Waals surface area contributed by atoms with Gasteiger partial charge in [-0.3, -0.25) is 4.79 Å². The molecular weight excluding hydrogens is 330 g/mol. The molecule has 138 valence electrons. The van der Waals surface area contributed by atoms with Crippen LogP contribution in [-0.4, -0.2) is 38.3 Å². The first-order valence-electron chi connectivity index (χ1n) is 9.40. The second-order valence-electron chi connectivity index (χ2n) is 7.64. The third-order valence-electron chi connectivity index (χ3n) is 5.94. The number of carbonyl (C=O) groups excluding carboxylic acids is 1. The van der Waals surface area contributed by atoms with Gasteiger partial charge in [-0.2, -0.15) is 0 Å². The number of nitrogens with one attached hydrogen (secondary N) is 1. The zero-order valence-corrected chi connectivity index (χ0v) is 15.2. The summed E-state index contributed by atoms with van der Waals surface area (Å²) in [5.74, 6) is 2.91. The highest BCUT2D eigenvalue weighted by Crippen LogP contribution is 2.49. The van der Waals surface area contributed by atoms with Crippen molar-refractivity contribution in [3.63, 3.8) is 0 Å². The van der Waals surface area contributed by atoms with Crippen molar-refractivity contribution in [3.05, 3.63) is 30.6 Å². The van der Waals surface area contributed by atoms with E-state index in [0.717, 1.165) is 17.5 Å². The molecule has 0 aliphatic heterocycles. The van der Waals surface area contributed by atoms with Crippen molar-refractivity contribution in [1.29, 1.82) is 0 Å². The minimum Gasteiger partial charge on any atom is -0.481 e. The van der Waals surface area contributed by atoms with Gasteiger partial charge in [-0.05, 0) is 85.6 Å². The molecule has 7 heteroatoms. The van der Waals surface area contributed by atoms with Crippen molar-refractivity contribution < 1.29 is 9.53 Å². The number of hydrogen-bond acceptors (Lipinski definition) is 5. The Kier molecular flexibility index (Phi) is 4.61. The van der Waals surface area contributed by atoms with Gasteiger partial charge in [0, 0.05) is 6.04 Å². The van der Waals surface area contributed by atoms with Crippen molar-refractivity contribution in [1.82, 2.24) is 25.5 Å². The number of benzene rings is 1. The Morgan fingerprint density at radius 1 is 1.23 bits per heavy atom. The number of fused-ring (bicyclic) bond motifs is 2. The van der Waals surface area contributed by atoms with E-state index in [9.17, 15) is 4.79 Å². The summed E-state index contributed by atoms with van der Waals surface area (Å²) in [5, 5.41) is 14.2. The van der Waals surface area contributed by atoms with E-state index in [-0.39, 0.29) is 11.9 Å². The molecule has 1 amide bonds. The highest BCUT2D eigenvalue weighted by Gasteiger charge is 2.42. The van der Waals surface area contributed by atoms with Crippen LogP contribution in [0.15, 0.2) is 30.6 Å². The Labute approximate surface area is 153 Å². The lowest BCUT2D eigenvalue weighted by Gasteiger charge is -2.29. The molecule has 1 aromatic heterocycles. The summed E-state index contributed by atoms with van der Waals surface area (Å²) in [4.78, 5) is 12.5. The van der Waals surface area contributed by atoms with Gasteiger partial charge in [0.25, 0.3) is 5.91 Å². The molecule has 1 heterocycles. The van der Waals surface area contributed by atoms with Crippen LogP contribution in [0, 0.1) is 17.8 Å². The van der Waals surface area contributed by atoms with E-state index in [1.807, 2.05) is 24.3 Å². The van der Waals surface area contributed by atoms with Gasteiger partial charge in [0.2, 0.25) is 0 Å². The predicted molar refractivity (Wildman–Crippen MR) is 95.8 cm³/mol. The van der Waals surface area contributed by atoms with Gasteiger partial charge in [0.05, 0.1) is 5.69 Å². The Morgan fingerprint density at radius 2 is 2.04 bits per heavy atom. The van der Waals surface area contributed by atoms with Gasteiger partial charge in [-0.1, -0.05) is 6.42 Å². The molecule has 2 aliphatic rings. The van der Waals surface area contributed by atoms with Gasteiger partial charge in [0.15, 0.2) is 6.10 Å². The molecule has 0 unspecified atom stereocenters. The van der Waals surface area contributed by atoms with Gasteiger partial charge in [0.1, 0.15) is 12.1 Å². The molecule has 5 atom stereocenters. The summed E-state index contributed by atoms with van der Waals surface area (Å²) in [6, 6.07) is 7.56. The van der Waals surface area contributed by atoms with Crippen molar-refractivity contribution in [2.75, 3.05) is 0 Å². The van der Waals surface area contributed by atoms with E-state index in [2.05, 4.69) is 27.8 Å². The minimum atomic E-state index is -0.532. The summed E-state index contributed by atoms with van der Waals surface area (Å²) in [6.45, 7) is 3.93. The number of ether oxygens (including phenoxy) is 1. The van der Waals surface area contributed by atoms with Crippen molar-refractivity contribution in [3.8, 4) is 11.4 Å². The zero-order valence-electron chi connectivity index (χ0n) is 15.2. The molecule has 1 aromatic carbocycles. The molecule has 0 spiro atoms. The zero-order chi connectivity index (χ0) is 18.1. The molecule has 26 heavy (non-hydrogen) atoms. The topological polar surface area (TPSA) is 81.9 Å². The predicted octanol–water partition coefficient (Wildman–Crippen LogP) is 2.37. The first-order valence-corrected chi connectivity index (χ1v) is 9.40. The van der Waals surface area contributed by atoms with E-state index in [4.69, 9.17) is 4.74 Å². The van der Waals surface area contributed by atoms with E-state index in [1.54, 1.807) is 11.6 Å². The summed E-state index contributed by atoms with van der Waals surface area (Å²) in [7, 11) is 0. The Bertz CT molecular complexity index is 746. The highest BCUT2D eigenvalue weighted by atomic mass is 16.5. The fraction of sp³-hybridized carbons (Fsp3) is 0.579. The molecule has 2 bridgehead atoms. The molecule has 4 rings (SSSR count). The number of rotatable bonds is 6. The average Bonchev–Trinajstić information content (AvgIpc) is 3.40. The second-order valence-corrected chi connectivity index (χ2v) is 7.64. The number of nitrogens with zero attached hydrogens (tertiary/aromatic N) is 4. The monoisotopic (exact) mass is 355 g/mol. The van der Waals surface area contributed by atoms with Gasteiger partial charge in [-0.25, -0.2) is 4.68 Å². The molecular formula is C19H25N5O2. The van der Waals surface area contributed by atoms with Gasteiger partial charge >= 0.3 is 0 Å². The number of hydrogen-bond donors (Lipinski definition) is 1. The van der Waals surface area contributed by atoms with Crippen molar-refractivity contribution in [2.45, 2.75) is 51.7 Å². The third-order valence-corrected chi connectivity index (χ3v) is 5.94.